The van der Waals surface area contributed by atoms with E-state index in [1.165, 1.54) is 16.4 Å². The summed E-state index contributed by atoms with van der Waals surface area (Å²) in [4.78, 5) is 15.2. The Kier molecular flexibility index (Phi) is 6.90. The first-order chi connectivity index (χ1) is 15.8. The second-order valence-corrected chi connectivity index (χ2v) is 10.1. The van der Waals surface area contributed by atoms with Gasteiger partial charge in [0, 0.05) is 19.6 Å². The first-order valence-corrected chi connectivity index (χ1v) is 12.8. The van der Waals surface area contributed by atoms with Crippen molar-refractivity contribution in [3.63, 3.8) is 0 Å². The predicted molar refractivity (Wildman–Crippen MR) is 121 cm³/mol. The van der Waals surface area contributed by atoms with Crippen LogP contribution in [0.25, 0.3) is 0 Å². The molecule has 1 unspecified atom stereocenters. The maximum Gasteiger partial charge on any atom is 0.243 e. The van der Waals surface area contributed by atoms with E-state index in [2.05, 4.69) is 0 Å². The number of hydrogen-bond donors (Lipinski definition) is 0. The van der Waals surface area contributed by atoms with E-state index < -0.39 is 21.9 Å². The fourth-order valence-corrected chi connectivity index (χ4v) is 6.17. The summed E-state index contributed by atoms with van der Waals surface area (Å²) in [5.74, 6) is 0.642. The maximum atomic E-state index is 13.4. The van der Waals surface area contributed by atoms with Crippen molar-refractivity contribution in [2.75, 3.05) is 26.3 Å². The Morgan fingerprint density at radius 3 is 2.30 bits per heavy atom. The number of hydrogen-bond acceptors (Lipinski definition) is 5. The molecule has 7 nitrogen and oxygen atoms in total. The molecule has 1 saturated heterocycles. The smallest absolute Gasteiger partial charge is 0.243 e. The first kappa shape index (κ1) is 23.5. The summed E-state index contributed by atoms with van der Waals surface area (Å²) in [5.41, 5.74) is 2.08. The molecule has 1 fully saturated rings. The van der Waals surface area contributed by atoms with Crippen LogP contribution in [0.3, 0.4) is 0 Å². The molecule has 2 aliphatic heterocycles. The molecule has 4 rings (SSSR count). The molecule has 2 aromatic carbocycles. The number of carbonyl (C=O) groups excluding carboxylic acids is 1. The van der Waals surface area contributed by atoms with Crippen LogP contribution in [0.5, 0.6) is 11.5 Å². The zero-order valence-electron chi connectivity index (χ0n) is 18.9. The van der Waals surface area contributed by atoms with Crippen LogP contribution in [0, 0.1) is 5.82 Å². The van der Waals surface area contributed by atoms with Gasteiger partial charge in [-0.3, -0.25) is 4.79 Å². The highest BCUT2D eigenvalue weighted by molar-refractivity contribution is 7.89. The lowest BCUT2D eigenvalue weighted by molar-refractivity contribution is -0.135. The fourth-order valence-electron chi connectivity index (χ4n) is 4.52. The van der Waals surface area contributed by atoms with Gasteiger partial charge in [-0.1, -0.05) is 0 Å². The van der Waals surface area contributed by atoms with Gasteiger partial charge in [0.15, 0.2) is 11.5 Å². The minimum Gasteiger partial charge on any atom is -0.490 e. The van der Waals surface area contributed by atoms with Crippen molar-refractivity contribution in [3.05, 3.63) is 53.3 Å². The molecule has 178 valence electrons. The third kappa shape index (κ3) is 4.70. The quantitative estimate of drug-likeness (QED) is 0.613. The van der Waals surface area contributed by atoms with E-state index in [-0.39, 0.29) is 17.3 Å². The van der Waals surface area contributed by atoms with Gasteiger partial charge in [0.05, 0.1) is 18.1 Å². The summed E-state index contributed by atoms with van der Waals surface area (Å²) >= 11 is 0. The normalized spacial score (nSPS) is 18.8. The van der Waals surface area contributed by atoms with Crippen LogP contribution in [0.2, 0.25) is 0 Å². The van der Waals surface area contributed by atoms with Gasteiger partial charge in [-0.15, -0.1) is 0 Å². The van der Waals surface area contributed by atoms with Crippen LogP contribution in [0.15, 0.2) is 41.3 Å². The summed E-state index contributed by atoms with van der Waals surface area (Å²) in [6.45, 7) is 6.02. The number of halogens is 1. The second-order valence-electron chi connectivity index (χ2n) is 8.17. The Labute approximate surface area is 194 Å². The molecule has 2 aliphatic rings. The van der Waals surface area contributed by atoms with Crippen molar-refractivity contribution in [1.29, 1.82) is 0 Å². The number of fused-ring (bicyclic) bond motifs is 1. The molecule has 0 bridgehead atoms. The largest absolute Gasteiger partial charge is 0.490 e. The first-order valence-electron chi connectivity index (χ1n) is 11.3. The Balaban J connectivity index is 1.55. The molecule has 0 N–H and O–H groups in total. The lowest BCUT2D eigenvalue weighted by Gasteiger charge is -2.33. The van der Waals surface area contributed by atoms with E-state index in [4.69, 9.17) is 9.47 Å². The van der Waals surface area contributed by atoms with Crippen LogP contribution in [-0.4, -0.2) is 55.9 Å². The lowest BCUT2D eigenvalue weighted by atomic mass is 9.98. The van der Waals surface area contributed by atoms with Crippen LogP contribution >= 0.6 is 0 Å². The number of carbonyl (C=O) groups is 1. The fraction of sp³-hybridized carbons (Fsp3) is 0.458. The van der Waals surface area contributed by atoms with Gasteiger partial charge in [0.1, 0.15) is 11.9 Å². The monoisotopic (exact) mass is 476 g/mol. The molecule has 0 radical (unpaired) electrons. The van der Waals surface area contributed by atoms with Gasteiger partial charge in [-0.2, -0.15) is 4.31 Å². The molecule has 2 heterocycles. The van der Waals surface area contributed by atoms with Gasteiger partial charge >= 0.3 is 0 Å². The third-order valence-corrected chi connectivity index (χ3v) is 8.02. The minimum atomic E-state index is -3.89. The van der Waals surface area contributed by atoms with E-state index in [9.17, 15) is 17.6 Å². The molecule has 1 amide bonds. The van der Waals surface area contributed by atoms with Gasteiger partial charge < -0.3 is 14.4 Å². The van der Waals surface area contributed by atoms with Crippen molar-refractivity contribution in [3.8, 4) is 11.5 Å². The average molecular weight is 477 g/mol. The summed E-state index contributed by atoms with van der Waals surface area (Å²) in [7, 11) is -3.89. The zero-order valence-corrected chi connectivity index (χ0v) is 19.7. The topological polar surface area (TPSA) is 76.2 Å². The molecule has 0 spiro atoms. The number of amides is 1. The molecule has 9 heteroatoms. The van der Waals surface area contributed by atoms with Crippen molar-refractivity contribution < 1.29 is 27.1 Å². The SMILES string of the molecule is CCOc1cc2c(cc1OCC)CN(C(=O)C1CCCN1S(=O)(=O)c1ccc(F)cc1)CC2. The van der Waals surface area contributed by atoms with Crippen LogP contribution in [0.1, 0.15) is 37.8 Å². The zero-order chi connectivity index (χ0) is 23.6. The summed E-state index contributed by atoms with van der Waals surface area (Å²) in [6, 6.07) is 7.87. The Morgan fingerprint density at radius 2 is 1.67 bits per heavy atom. The summed E-state index contributed by atoms with van der Waals surface area (Å²) < 4.78 is 52.3. The van der Waals surface area contributed by atoms with E-state index in [0.29, 0.717) is 57.1 Å². The number of ether oxygens (including phenoxy) is 2. The van der Waals surface area contributed by atoms with E-state index in [1.807, 2.05) is 26.0 Å². The van der Waals surface area contributed by atoms with Gasteiger partial charge in [0.25, 0.3) is 0 Å². The van der Waals surface area contributed by atoms with Crippen molar-refractivity contribution in [2.45, 2.75) is 50.6 Å². The highest BCUT2D eigenvalue weighted by atomic mass is 32.2. The van der Waals surface area contributed by atoms with Gasteiger partial charge in [0.2, 0.25) is 15.9 Å². The van der Waals surface area contributed by atoms with Crippen molar-refractivity contribution in [1.82, 2.24) is 9.21 Å². The molecular weight excluding hydrogens is 447 g/mol. The molecule has 1 atom stereocenters. The highest BCUT2D eigenvalue weighted by Crippen LogP contribution is 2.35. The van der Waals surface area contributed by atoms with E-state index in [0.717, 1.165) is 23.3 Å². The Bertz CT molecular complexity index is 1120. The summed E-state index contributed by atoms with van der Waals surface area (Å²) in [5, 5.41) is 0. The van der Waals surface area contributed by atoms with Crippen LogP contribution < -0.4 is 9.47 Å². The maximum absolute atomic E-state index is 13.4. The Morgan fingerprint density at radius 1 is 1.03 bits per heavy atom. The lowest BCUT2D eigenvalue weighted by Crippen LogP contribution is -2.49. The number of nitrogens with zero attached hydrogens (tertiary/aromatic N) is 2. The molecule has 0 saturated carbocycles. The van der Waals surface area contributed by atoms with E-state index in [1.54, 1.807) is 4.90 Å². The van der Waals surface area contributed by atoms with Crippen molar-refractivity contribution in [2.24, 2.45) is 0 Å². The van der Waals surface area contributed by atoms with Crippen molar-refractivity contribution >= 4 is 15.9 Å². The van der Waals surface area contributed by atoms with Crippen LogP contribution in [-0.2, 0) is 27.8 Å². The van der Waals surface area contributed by atoms with Crippen LogP contribution in [0.4, 0.5) is 4.39 Å². The number of benzene rings is 2. The minimum absolute atomic E-state index is 0.00241. The molecule has 0 aromatic heterocycles. The molecular formula is C24H29FN2O5S. The predicted octanol–water partition coefficient (Wildman–Crippen LogP) is 3.36. The molecule has 33 heavy (non-hydrogen) atoms. The molecule has 2 aromatic rings. The number of sulfonamides is 1. The third-order valence-electron chi connectivity index (χ3n) is 6.10. The highest BCUT2D eigenvalue weighted by Gasteiger charge is 2.41. The average Bonchev–Trinajstić information content (AvgIpc) is 3.30. The van der Waals surface area contributed by atoms with E-state index >= 15 is 0 Å². The summed E-state index contributed by atoms with van der Waals surface area (Å²) in [6.07, 6.45) is 1.73. The second kappa shape index (κ2) is 9.69. The molecule has 0 aliphatic carbocycles. The standard InChI is InChI=1S/C24H29FN2O5S/c1-3-31-22-14-17-11-13-26(16-18(17)15-23(22)32-4-2)24(28)21-6-5-12-27(21)33(29,30)20-9-7-19(25)8-10-20/h7-10,14-15,21H,3-6,11-13,16H2,1-2H3. The Hall–Kier alpha value is -2.65. The van der Waals surface area contributed by atoms with Gasteiger partial charge in [-0.25, -0.2) is 12.8 Å². The van der Waals surface area contributed by atoms with Gasteiger partial charge in [-0.05, 0) is 80.6 Å². The number of rotatable bonds is 7.